The molecule has 0 aromatic heterocycles. The number of benzene rings is 2. The molecule has 4 nitrogen and oxygen atoms in total. The highest BCUT2D eigenvalue weighted by Gasteiger charge is 2.33. The lowest BCUT2D eigenvalue weighted by molar-refractivity contribution is -0.229. The highest BCUT2D eigenvalue weighted by Crippen LogP contribution is 2.43. The molecule has 2 aromatic rings. The molecule has 4 heteroatoms. The fraction of sp³-hybridized carbons (Fsp3) is 0. The molecular formula is C12H9NO3. The van der Waals surface area contributed by atoms with Crippen LogP contribution < -0.4 is 9.81 Å². The summed E-state index contributed by atoms with van der Waals surface area (Å²) in [4.78, 5) is 3.17. The first-order valence-corrected chi connectivity index (χ1v) is 4.90. The summed E-state index contributed by atoms with van der Waals surface area (Å²) in [5, 5.41) is 21.4. The Bertz CT molecular complexity index is 551. The van der Waals surface area contributed by atoms with Crippen LogP contribution in [0.3, 0.4) is 0 Å². The van der Waals surface area contributed by atoms with Crippen LogP contribution in [-0.2, 0) is 0 Å². The Hall–Kier alpha value is -1.88. The van der Waals surface area contributed by atoms with Crippen molar-refractivity contribution in [2.24, 2.45) is 0 Å². The minimum atomic E-state index is -1.81. The number of hydrogen-bond donors (Lipinski definition) is 1. The van der Waals surface area contributed by atoms with Gasteiger partial charge in [0.05, 0.1) is 5.56 Å². The van der Waals surface area contributed by atoms with Gasteiger partial charge in [0.15, 0.2) is 0 Å². The van der Waals surface area contributed by atoms with E-state index in [9.17, 15) is 10.4 Å². The molecule has 1 unspecified atom stereocenters. The monoisotopic (exact) mass is 215 g/mol. The van der Waals surface area contributed by atoms with Crippen molar-refractivity contribution in [1.29, 1.82) is 0 Å². The summed E-state index contributed by atoms with van der Waals surface area (Å²) in [5.41, 5.74) is 1.71. The van der Waals surface area contributed by atoms with Gasteiger partial charge in [-0.15, -0.1) is 0 Å². The fourth-order valence-corrected chi connectivity index (χ4v) is 1.90. The zero-order valence-corrected chi connectivity index (χ0v) is 8.33. The zero-order valence-electron chi connectivity index (χ0n) is 8.33. The molecule has 3 rings (SSSR count). The van der Waals surface area contributed by atoms with E-state index in [1.807, 2.05) is 18.2 Å². The molecule has 0 saturated carbocycles. The molecule has 1 heterocycles. The highest BCUT2D eigenvalue weighted by molar-refractivity contribution is 5.82. The summed E-state index contributed by atoms with van der Waals surface area (Å²) >= 11 is 0. The van der Waals surface area contributed by atoms with Gasteiger partial charge in [0.25, 0.3) is 0 Å². The number of fused-ring (bicyclic) bond motifs is 3. The average Bonchev–Trinajstić information content (AvgIpc) is 2.29. The summed E-state index contributed by atoms with van der Waals surface area (Å²) in [5.74, 6) is 0.388. The van der Waals surface area contributed by atoms with Crippen LogP contribution in [0.1, 0.15) is 0 Å². The van der Waals surface area contributed by atoms with Gasteiger partial charge < -0.3 is 5.21 Å². The van der Waals surface area contributed by atoms with Crippen molar-refractivity contribution in [2.75, 3.05) is 0 Å². The Morgan fingerprint density at radius 2 is 1.56 bits per heavy atom. The van der Waals surface area contributed by atoms with Crippen molar-refractivity contribution < 1.29 is 10.0 Å². The predicted molar refractivity (Wildman–Crippen MR) is 59.5 cm³/mol. The Kier molecular flexibility index (Phi) is 1.79. The van der Waals surface area contributed by atoms with Crippen LogP contribution in [0.5, 0.6) is 5.75 Å². The van der Waals surface area contributed by atoms with E-state index in [4.69, 9.17) is 4.84 Å². The molecule has 1 aliphatic heterocycles. The lowest BCUT2D eigenvalue weighted by atomic mass is 10.0. The average molecular weight is 215 g/mol. The Morgan fingerprint density at radius 1 is 0.938 bits per heavy atom. The molecule has 16 heavy (non-hydrogen) atoms. The molecule has 2 aromatic carbocycles. The summed E-state index contributed by atoms with van der Waals surface area (Å²) in [6.45, 7) is 0. The molecule has 0 amide bonds. The third-order valence-corrected chi connectivity index (χ3v) is 2.61. The minimum absolute atomic E-state index is 0.196. The second-order valence-corrected chi connectivity index (χ2v) is 3.63. The largest absolute Gasteiger partial charge is 0.549 e. The van der Waals surface area contributed by atoms with E-state index < -0.39 is 4.97 Å². The Balaban J connectivity index is 2.33. The van der Waals surface area contributed by atoms with Crippen molar-refractivity contribution in [2.45, 2.75) is 0 Å². The van der Waals surface area contributed by atoms with Crippen molar-refractivity contribution in [3.05, 3.63) is 53.7 Å². The molecule has 80 valence electrons. The molecule has 0 radical (unpaired) electrons. The summed E-state index contributed by atoms with van der Waals surface area (Å²) in [6.07, 6.45) is 0. The van der Waals surface area contributed by atoms with E-state index in [0.29, 0.717) is 11.3 Å². The third-order valence-electron chi connectivity index (χ3n) is 2.61. The highest BCUT2D eigenvalue weighted by atomic mass is 17.1. The van der Waals surface area contributed by atoms with Gasteiger partial charge in [-0.2, -0.15) is 5.21 Å². The minimum Gasteiger partial charge on any atom is -0.549 e. The second kappa shape index (κ2) is 3.05. The maximum absolute atomic E-state index is 11.8. The number of quaternary nitrogens is 1. The van der Waals surface area contributed by atoms with E-state index in [1.165, 1.54) is 0 Å². The maximum Gasteiger partial charge on any atom is 0.218 e. The van der Waals surface area contributed by atoms with Crippen LogP contribution in [0, 0.1) is 5.21 Å². The number of hydrogen-bond acceptors (Lipinski definition) is 3. The summed E-state index contributed by atoms with van der Waals surface area (Å²) < 4.78 is 0. The van der Waals surface area contributed by atoms with Gasteiger partial charge >= 0.3 is 0 Å². The van der Waals surface area contributed by atoms with Crippen LogP contribution in [0.25, 0.3) is 11.1 Å². The van der Waals surface area contributed by atoms with E-state index in [-0.39, 0.29) is 5.69 Å². The predicted octanol–water partition coefficient (Wildman–Crippen LogP) is 2.86. The standard InChI is InChI=1S/C12H9NO3/c14-13(15)11-7-3-1-5-9(11)10-6-2-4-8-12(10)16-13/h1-8,14H. The Labute approximate surface area is 92.0 Å². The van der Waals surface area contributed by atoms with E-state index in [1.54, 1.807) is 30.3 Å². The SMILES string of the molecule is [O-][N+]1(O)Oc2ccccc2-c2ccccc21. The van der Waals surface area contributed by atoms with Crippen molar-refractivity contribution in [3.8, 4) is 16.9 Å². The first-order valence-electron chi connectivity index (χ1n) is 4.90. The first kappa shape index (κ1) is 9.35. The molecule has 0 aliphatic carbocycles. The number of para-hydroxylation sites is 2. The molecule has 0 spiro atoms. The molecule has 0 saturated heterocycles. The molecule has 1 N–H and O–H groups in total. The van der Waals surface area contributed by atoms with E-state index in [0.717, 1.165) is 5.56 Å². The van der Waals surface area contributed by atoms with Gasteiger partial charge in [-0.25, -0.2) is 0 Å². The summed E-state index contributed by atoms with van der Waals surface area (Å²) in [6, 6.07) is 14.0. The van der Waals surface area contributed by atoms with Crippen molar-refractivity contribution >= 4 is 5.69 Å². The van der Waals surface area contributed by atoms with Crippen LogP contribution in [0.15, 0.2) is 48.5 Å². The third kappa shape index (κ3) is 1.22. The van der Waals surface area contributed by atoms with Gasteiger partial charge in [0.2, 0.25) is 11.4 Å². The van der Waals surface area contributed by atoms with Crippen LogP contribution in [0.2, 0.25) is 0 Å². The number of nitrogens with zero attached hydrogens (tertiary/aromatic N) is 1. The topological polar surface area (TPSA) is 52.5 Å². The van der Waals surface area contributed by atoms with Gasteiger partial charge in [-0.3, -0.25) is 4.84 Å². The van der Waals surface area contributed by atoms with E-state index in [2.05, 4.69) is 0 Å². The maximum atomic E-state index is 11.8. The van der Waals surface area contributed by atoms with Crippen molar-refractivity contribution in [3.63, 3.8) is 0 Å². The molecule has 0 fully saturated rings. The quantitative estimate of drug-likeness (QED) is 0.543. The smallest absolute Gasteiger partial charge is 0.218 e. The van der Waals surface area contributed by atoms with Gasteiger partial charge in [-0.05, 0) is 12.1 Å². The molecule has 0 bridgehead atoms. The van der Waals surface area contributed by atoms with E-state index >= 15 is 0 Å². The van der Waals surface area contributed by atoms with Crippen LogP contribution in [-0.4, -0.2) is 5.21 Å². The normalized spacial score (nSPS) is 21.9. The molecule has 1 aliphatic rings. The lowest BCUT2D eigenvalue weighted by Gasteiger charge is -2.34. The van der Waals surface area contributed by atoms with Crippen LogP contribution in [0.4, 0.5) is 5.69 Å². The molecule has 1 atom stereocenters. The van der Waals surface area contributed by atoms with Gasteiger partial charge in [0.1, 0.15) is 0 Å². The van der Waals surface area contributed by atoms with Crippen molar-refractivity contribution in [1.82, 2.24) is 4.97 Å². The fourth-order valence-electron chi connectivity index (χ4n) is 1.90. The second-order valence-electron chi connectivity index (χ2n) is 3.63. The lowest BCUT2D eigenvalue weighted by Crippen LogP contribution is -2.44. The first-order chi connectivity index (χ1) is 7.68. The zero-order chi connectivity index (χ0) is 11.2. The Morgan fingerprint density at radius 3 is 2.38 bits per heavy atom. The van der Waals surface area contributed by atoms with Crippen LogP contribution >= 0.6 is 0 Å². The van der Waals surface area contributed by atoms with Gasteiger partial charge in [-0.1, -0.05) is 30.3 Å². The molecular weight excluding hydrogens is 206 g/mol. The van der Waals surface area contributed by atoms with Gasteiger partial charge in [0, 0.05) is 16.6 Å². The number of rotatable bonds is 0. The summed E-state index contributed by atoms with van der Waals surface area (Å²) in [7, 11) is 0.